The second-order valence-corrected chi connectivity index (χ2v) is 5.03. The van der Waals surface area contributed by atoms with Crippen LogP contribution in [0.15, 0.2) is 30.3 Å². The molecule has 1 amide bonds. The molecule has 1 N–H and O–H groups in total. The molecule has 2 rings (SSSR count). The lowest BCUT2D eigenvalue weighted by atomic mass is 9.98. The molecule has 0 bridgehead atoms. The van der Waals surface area contributed by atoms with E-state index in [-0.39, 0.29) is 12.5 Å². The number of aliphatic carboxylic acids is 1. The quantitative estimate of drug-likeness (QED) is 0.859. The third-order valence-electron chi connectivity index (χ3n) is 3.52. The second kappa shape index (κ2) is 6.71. The van der Waals surface area contributed by atoms with Crippen molar-refractivity contribution in [2.45, 2.75) is 12.8 Å². The number of rotatable bonds is 3. The molecule has 0 aromatic heterocycles. The number of carbonyl (C=O) groups is 2. The molecular formula is C16H16N2O3. The van der Waals surface area contributed by atoms with Crippen LogP contribution in [-0.4, -0.2) is 35.0 Å². The fraction of sp³-hybridized carbons (Fsp3) is 0.312. The number of piperidine rings is 1. The minimum atomic E-state index is -0.849. The van der Waals surface area contributed by atoms with Gasteiger partial charge >= 0.3 is 5.97 Å². The molecule has 1 atom stereocenters. The zero-order chi connectivity index (χ0) is 15.2. The first kappa shape index (κ1) is 14.8. The Hall–Kier alpha value is -2.61. The van der Waals surface area contributed by atoms with Crippen molar-refractivity contribution >= 4 is 18.0 Å². The van der Waals surface area contributed by atoms with Crippen LogP contribution in [0.5, 0.6) is 0 Å². The van der Waals surface area contributed by atoms with E-state index in [1.54, 1.807) is 35.2 Å². The van der Waals surface area contributed by atoms with E-state index in [9.17, 15) is 9.59 Å². The van der Waals surface area contributed by atoms with Crippen LogP contribution in [0.4, 0.5) is 0 Å². The number of benzene rings is 1. The van der Waals surface area contributed by atoms with Crippen molar-refractivity contribution < 1.29 is 14.7 Å². The van der Waals surface area contributed by atoms with Gasteiger partial charge in [-0.15, -0.1) is 0 Å². The Labute approximate surface area is 123 Å². The van der Waals surface area contributed by atoms with Gasteiger partial charge in [-0.3, -0.25) is 9.59 Å². The Kier molecular flexibility index (Phi) is 4.72. The standard InChI is InChI=1S/C16H16N2O3/c17-10-13-4-1-3-12(9-13)6-7-15(19)18-8-2-5-14(11-18)16(20)21/h1,3-4,6-7,9,14H,2,5,8,11H2,(H,20,21)/b7-6+. The third kappa shape index (κ3) is 3.93. The molecule has 1 heterocycles. The van der Waals surface area contributed by atoms with Crippen LogP contribution >= 0.6 is 0 Å². The molecule has 0 aliphatic carbocycles. The summed E-state index contributed by atoms with van der Waals surface area (Å²) in [6, 6.07) is 8.99. The van der Waals surface area contributed by atoms with Gasteiger partial charge < -0.3 is 10.0 Å². The highest BCUT2D eigenvalue weighted by Crippen LogP contribution is 2.17. The van der Waals surface area contributed by atoms with Gasteiger partial charge in [0.25, 0.3) is 0 Å². The van der Waals surface area contributed by atoms with Gasteiger partial charge in [0.2, 0.25) is 5.91 Å². The van der Waals surface area contributed by atoms with Crippen molar-refractivity contribution in [3.63, 3.8) is 0 Å². The SMILES string of the molecule is N#Cc1cccc(/C=C/C(=O)N2CCCC(C(=O)O)C2)c1. The maximum Gasteiger partial charge on any atom is 0.308 e. The van der Waals surface area contributed by atoms with Gasteiger partial charge in [0.15, 0.2) is 0 Å². The van der Waals surface area contributed by atoms with Gasteiger partial charge in [-0.2, -0.15) is 5.26 Å². The van der Waals surface area contributed by atoms with Crippen molar-refractivity contribution in [2.75, 3.05) is 13.1 Å². The van der Waals surface area contributed by atoms with Crippen LogP contribution in [-0.2, 0) is 9.59 Å². The Morgan fingerprint density at radius 3 is 2.95 bits per heavy atom. The van der Waals surface area contributed by atoms with Gasteiger partial charge in [0.05, 0.1) is 17.6 Å². The second-order valence-electron chi connectivity index (χ2n) is 5.03. The number of carboxylic acids is 1. The average molecular weight is 284 g/mol. The van der Waals surface area contributed by atoms with Crippen LogP contribution in [0, 0.1) is 17.2 Å². The Bertz CT molecular complexity index is 616. The van der Waals surface area contributed by atoms with E-state index in [4.69, 9.17) is 10.4 Å². The molecule has 1 aliphatic rings. The fourth-order valence-electron chi connectivity index (χ4n) is 2.36. The Balaban J connectivity index is 2.02. The number of amides is 1. The maximum absolute atomic E-state index is 12.1. The number of hydrogen-bond donors (Lipinski definition) is 1. The molecule has 1 aromatic carbocycles. The zero-order valence-corrected chi connectivity index (χ0v) is 11.5. The monoisotopic (exact) mass is 284 g/mol. The van der Waals surface area contributed by atoms with Crippen molar-refractivity contribution in [2.24, 2.45) is 5.92 Å². The van der Waals surface area contributed by atoms with Crippen molar-refractivity contribution in [1.82, 2.24) is 4.90 Å². The summed E-state index contributed by atoms with van der Waals surface area (Å²) in [5, 5.41) is 17.8. The number of hydrogen-bond acceptors (Lipinski definition) is 3. The summed E-state index contributed by atoms with van der Waals surface area (Å²) in [5.74, 6) is -1.51. The van der Waals surface area contributed by atoms with Crippen LogP contribution in [0.25, 0.3) is 6.08 Å². The highest BCUT2D eigenvalue weighted by Gasteiger charge is 2.26. The van der Waals surface area contributed by atoms with E-state index in [2.05, 4.69) is 0 Å². The summed E-state index contributed by atoms with van der Waals surface area (Å²) in [6.45, 7) is 0.849. The summed E-state index contributed by atoms with van der Waals surface area (Å²) in [7, 11) is 0. The van der Waals surface area contributed by atoms with Gasteiger partial charge in [-0.25, -0.2) is 0 Å². The summed E-state index contributed by atoms with van der Waals surface area (Å²) >= 11 is 0. The summed E-state index contributed by atoms with van der Waals surface area (Å²) in [5.41, 5.74) is 1.31. The number of likely N-dealkylation sites (tertiary alicyclic amines) is 1. The lowest BCUT2D eigenvalue weighted by molar-refractivity contribution is -0.144. The largest absolute Gasteiger partial charge is 0.481 e. The number of nitriles is 1. The molecule has 0 spiro atoms. The first-order valence-electron chi connectivity index (χ1n) is 6.80. The third-order valence-corrected chi connectivity index (χ3v) is 3.52. The van der Waals surface area contributed by atoms with E-state index >= 15 is 0 Å². The van der Waals surface area contributed by atoms with Crippen molar-refractivity contribution in [3.8, 4) is 6.07 Å². The molecule has 1 aromatic rings. The Morgan fingerprint density at radius 2 is 2.24 bits per heavy atom. The summed E-state index contributed by atoms with van der Waals surface area (Å²) in [4.78, 5) is 24.6. The molecule has 1 aliphatic heterocycles. The van der Waals surface area contributed by atoms with Crippen molar-refractivity contribution in [1.29, 1.82) is 5.26 Å². The van der Waals surface area contributed by atoms with E-state index in [0.29, 0.717) is 24.9 Å². The van der Waals surface area contributed by atoms with Gasteiger partial charge in [0.1, 0.15) is 0 Å². The zero-order valence-electron chi connectivity index (χ0n) is 11.5. The minimum Gasteiger partial charge on any atom is -0.481 e. The molecule has 1 saturated heterocycles. The molecule has 0 radical (unpaired) electrons. The molecule has 1 unspecified atom stereocenters. The lowest BCUT2D eigenvalue weighted by Crippen LogP contribution is -2.41. The summed E-state index contributed by atoms with van der Waals surface area (Å²) in [6.07, 6.45) is 4.40. The first-order chi connectivity index (χ1) is 10.1. The molecule has 21 heavy (non-hydrogen) atoms. The first-order valence-corrected chi connectivity index (χ1v) is 6.80. The number of carboxylic acid groups (broad SMARTS) is 1. The fourth-order valence-corrected chi connectivity index (χ4v) is 2.36. The molecule has 108 valence electrons. The van der Waals surface area contributed by atoms with Gasteiger partial charge in [-0.05, 0) is 36.6 Å². The Morgan fingerprint density at radius 1 is 1.43 bits per heavy atom. The smallest absolute Gasteiger partial charge is 0.308 e. The predicted molar refractivity (Wildman–Crippen MR) is 77.1 cm³/mol. The molecule has 5 heteroatoms. The average Bonchev–Trinajstić information content (AvgIpc) is 2.53. The summed E-state index contributed by atoms with van der Waals surface area (Å²) < 4.78 is 0. The van der Waals surface area contributed by atoms with E-state index in [0.717, 1.165) is 5.56 Å². The van der Waals surface area contributed by atoms with E-state index < -0.39 is 11.9 Å². The topological polar surface area (TPSA) is 81.4 Å². The molecular weight excluding hydrogens is 268 g/mol. The number of carbonyl (C=O) groups excluding carboxylic acids is 1. The van der Waals surface area contributed by atoms with E-state index in [1.807, 2.05) is 6.07 Å². The maximum atomic E-state index is 12.1. The molecule has 5 nitrogen and oxygen atoms in total. The normalized spacial score (nSPS) is 18.4. The lowest BCUT2D eigenvalue weighted by Gasteiger charge is -2.29. The minimum absolute atomic E-state index is 0.191. The van der Waals surface area contributed by atoms with E-state index in [1.165, 1.54) is 6.08 Å². The highest BCUT2D eigenvalue weighted by molar-refractivity contribution is 5.92. The molecule has 1 fully saturated rings. The van der Waals surface area contributed by atoms with Crippen LogP contribution in [0.2, 0.25) is 0 Å². The predicted octanol–water partition coefficient (Wildman–Crippen LogP) is 1.89. The highest BCUT2D eigenvalue weighted by atomic mass is 16.4. The van der Waals surface area contributed by atoms with Crippen molar-refractivity contribution in [3.05, 3.63) is 41.5 Å². The number of nitrogens with zero attached hydrogens (tertiary/aromatic N) is 2. The van der Waals surface area contributed by atoms with Crippen LogP contribution in [0.1, 0.15) is 24.0 Å². The van der Waals surface area contributed by atoms with Gasteiger partial charge in [0, 0.05) is 19.2 Å². The van der Waals surface area contributed by atoms with Crippen LogP contribution in [0.3, 0.4) is 0 Å². The van der Waals surface area contributed by atoms with Gasteiger partial charge in [-0.1, -0.05) is 12.1 Å². The molecule has 0 saturated carbocycles. The van der Waals surface area contributed by atoms with Crippen LogP contribution < -0.4 is 0 Å².